The number of nitrogens with one attached hydrogen (secondary N) is 1. The zero-order valence-corrected chi connectivity index (χ0v) is 10.7. The number of hydrogen-bond donors (Lipinski definition) is 1. The molecule has 1 saturated heterocycles. The van der Waals surface area contributed by atoms with E-state index in [1.54, 1.807) is 11.9 Å². The number of nitrogens with zero attached hydrogens (tertiary/aromatic N) is 1. The molecule has 0 saturated carbocycles. The van der Waals surface area contributed by atoms with E-state index in [1.165, 1.54) is 0 Å². The minimum atomic E-state index is -0.204. The molecule has 18 heavy (non-hydrogen) atoms. The quantitative estimate of drug-likeness (QED) is 0.877. The van der Waals surface area contributed by atoms with Crippen molar-refractivity contribution < 1.29 is 9.59 Å². The molecule has 1 heterocycles. The van der Waals surface area contributed by atoms with E-state index in [9.17, 15) is 9.59 Å². The van der Waals surface area contributed by atoms with Gasteiger partial charge in [-0.1, -0.05) is 25.1 Å². The van der Waals surface area contributed by atoms with Crippen molar-refractivity contribution in [2.75, 3.05) is 18.5 Å². The smallest absolute Gasteiger partial charge is 0.230 e. The Bertz CT molecular complexity index is 444. The maximum absolute atomic E-state index is 12.3. The summed E-state index contributed by atoms with van der Waals surface area (Å²) in [4.78, 5) is 25.5. The van der Waals surface area contributed by atoms with Crippen molar-refractivity contribution in [3.8, 4) is 0 Å². The first-order valence-corrected chi connectivity index (χ1v) is 6.20. The molecular weight excluding hydrogens is 228 g/mol. The predicted octanol–water partition coefficient (Wildman–Crippen LogP) is 1.42. The number of para-hydroxylation sites is 1. The second-order valence-corrected chi connectivity index (χ2v) is 4.75. The molecule has 4 nitrogen and oxygen atoms in total. The van der Waals surface area contributed by atoms with Gasteiger partial charge in [-0.25, -0.2) is 0 Å². The molecule has 2 amide bonds. The molecule has 1 fully saturated rings. The summed E-state index contributed by atoms with van der Waals surface area (Å²) in [6.07, 6.45) is 0.278. The van der Waals surface area contributed by atoms with Crippen LogP contribution in [0.15, 0.2) is 30.3 Å². The first-order chi connectivity index (χ1) is 8.63. The highest BCUT2D eigenvalue weighted by atomic mass is 16.2. The minimum Gasteiger partial charge on any atom is -0.359 e. The molecule has 0 bridgehead atoms. The van der Waals surface area contributed by atoms with Crippen LogP contribution in [-0.2, 0) is 9.59 Å². The zero-order chi connectivity index (χ0) is 13.1. The summed E-state index contributed by atoms with van der Waals surface area (Å²) >= 11 is 0. The van der Waals surface area contributed by atoms with Crippen molar-refractivity contribution in [2.45, 2.75) is 13.3 Å². The molecule has 0 radical (unpaired) electrons. The van der Waals surface area contributed by atoms with E-state index in [0.717, 1.165) is 5.69 Å². The summed E-state index contributed by atoms with van der Waals surface area (Å²) in [6, 6.07) is 9.61. The number of anilines is 1. The van der Waals surface area contributed by atoms with Crippen LogP contribution >= 0.6 is 0 Å². The highest BCUT2D eigenvalue weighted by molar-refractivity contribution is 5.99. The van der Waals surface area contributed by atoms with Gasteiger partial charge in [0, 0.05) is 25.7 Å². The third-order valence-corrected chi connectivity index (χ3v) is 3.49. The van der Waals surface area contributed by atoms with Crippen LogP contribution in [0.25, 0.3) is 0 Å². The summed E-state index contributed by atoms with van der Waals surface area (Å²) < 4.78 is 0. The monoisotopic (exact) mass is 246 g/mol. The summed E-state index contributed by atoms with van der Waals surface area (Å²) in [5.74, 6) is -0.0208. The van der Waals surface area contributed by atoms with Gasteiger partial charge in [0.25, 0.3) is 0 Å². The van der Waals surface area contributed by atoms with Gasteiger partial charge in [-0.05, 0) is 18.1 Å². The standard InChI is InChI=1S/C14H18N2O2/c1-10-9-16(11-6-4-3-5-7-11)14(18)12(10)8-13(17)15-2/h3-7,10,12H,8-9H2,1-2H3,(H,15,17)/t10-,12+/m0/s1. The lowest BCUT2D eigenvalue weighted by Crippen LogP contribution is -2.30. The van der Waals surface area contributed by atoms with Gasteiger partial charge >= 0.3 is 0 Å². The van der Waals surface area contributed by atoms with Gasteiger partial charge < -0.3 is 10.2 Å². The minimum absolute atomic E-state index is 0.0531. The molecule has 96 valence electrons. The topological polar surface area (TPSA) is 49.4 Å². The third-order valence-electron chi connectivity index (χ3n) is 3.49. The van der Waals surface area contributed by atoms with E-state index < -0.39 is 0 Å². The average molecular weight is 246 g/mol. The van der Waals surface area contributed by atoms with Gasteiger partial charge in [0.15, 0.2) is 0 Å². The van der Waals surface area contributed by atoms with E-state index in [2.05, 4.69) is 5.32 Å². The Morgan fingerprint density at radius 2 is 2.06 bits per heavy atom. The Balaban J connectivity index is 2.14. The van der Waals surface area contributed by atoms with Crippen LogP contribution in [0.2, 0.25) is 0 Å². The highest BCUT2D eigenvalue weighted by Crippen LogP contribution is 2.31. The number of benzene rings is 1. The number of carbonyl (C=O) groups is 2. The van der Waals surface area contributed by atoms with Crippen LogP contribution in [-0.4, -0.2) is 25.4 Å². The molecule has 1 aliphatic rings. The van der Waals surface area contributed by atoms with Gasteiger partial charge in [-0.2, -0.15) is 0 Å². The second kappa shape index (κ2) is 5.21. The van der Waals surface area contributed by atoms with Crippen molar-refractivity contribution in [1.82, 2.24) is 5.32 Å². The van der Waals surface area contributed by atoms with E-state index in [1.807, 2.05) is 37.3 Å². The van der Waals surface area contributed by atoms with Crippen molar-refractivity contribution in [3.05, 3.63) is 30.3 Å². The molecule has 0 aliphatic carbocycles. The largest absolute Gasteiger partial charge is 0.359 e. The summed E-state index contributed by atoms with van der Waals surface area (Å²) in [6.45, 7) is 2.71. The van der Waals surface area contributed by atoms with Crippen molar-refractivity contribution in [3.63, 3.8) is 0 Å². The van der Waals surface area contributed by atoms with Crippen molar-refractivity contribution in [2.24, 2.45) is 11.8 Å². The summed E-state index contributed by atoms with van der Waals surface area (Å²) in [5, 5.41) is 2.58. The highest BCUT2D eigenvalue weighted by Gasteiger charge is 2.39. The Morgan fingerprint density at radius 3 is 2.67 bits per heavy atom. The van der Waals surface area contributed by atoms with Crippen molar-refractivity contribution in [1.29, 1.82) is 0 Å². The first-order valence-electron chi connectivity index (χ1n) is 6.20. The third kappa shape index (κ3) is 2.37. The molecule has 4 heteroatoms. The van der Waals surface area contributed by atoms with Crippen LogP contribution in [0.3, 0.4) is 0 Å². The Kier molecular flexibility index (Phi) is 3.65. The van der Waals surface area contributed by atoms with E-state index >= 15 is 0 Å². The Morgan fingerprint density at radius 1 is 1.39 bits per heavy atom. The summed E-state index contributed by atoms with van der Waals surface area (Å²) in [7, 11) is 1.60. The maximum atomic E-state index is 12.3. The van der Waals surface area contributed by atoms with Crippen molar-refractivity contribution >= 4 is 17.5 Å². The molecule has 1 N–H and O–H groups in total. The molecule has 0 unspecified atom stereocenters. The Hall–Kier alpha value is -1.84. The van der Waals surface area contributed by atoms with Crippen LogP contribution in [0.4, 0.5) is 5.69 Å². The molecule has 1 aliphatic heterocycles. The number of amides is 2. The van der Waals surface area contributed by atoms with Gasteiger partial charge in [0.2, 0.25) is 11.8 Å². The van der Waals surface area contributed by atoms with Gasteiger partial charge in [-0.3, -0.25) is 9.59 Å². The lowest BCUT2D eigenvalue weighted by Gasteiger charge is -2.16. The average Bonchev–Trinajstić information content (AvgIpc) is 2.67. The van der Waals surface area contributed by atoms with Crippen LogP contribution in [0, 0.1) is 11.8 Å². The Labute approximate surface area is 107 Å². The second-order valence-electron chi connectivity index (χ2n) is 4.75. The zero-order valence-electron chi connectivity index (χ0n) is 10.7. The van der Waals surface area contributed by atoms with Gasteiger partial charge in [-0.15, -0.1) is 0 Å². The van der Waals surface area contributed by atoms with Gasteiger partial charge in [0.05, 0.1) is 5.92 Å². The normalized spacial score (nSPS) is 23.2. The molecule has 2 rings (SSSR count). The lowest BCUT2D eigenvalue weighted by molar-refractivity contribution is -0.127. The van der Waals surface area contributed by atoms with Crippen LogP contribution < -0.4 is 10.2 Å². The molecule has 1 aromatic rings. The van der Waals surface area contributed by atoms with Crippen LogP contribution in [0.1, 0.15) is 13.3 Å². The molecule has 0 aromatic heterocycles. The molecule has 1 aromatic carbocycles. The molecule has 2 atom stereocenters. The number of rotatable bonds is 3. The van der Waals surface area contributed by atoms with E-state index in [0.29, 0.717) is 6.54 Å². The fraction of sp³-hybridized carbons (Fsp3) is 0.429. The van der Waals surface area contributed by atoms with E-state index in [-0.39, 0.29) is 30.1 Å². The van der Waals surface area contributed by atoms with Crippen LogP contribution in [0.5, 0.6) is 0 Å². The number of hydrogen-bond acceptors (Lipinski definition) is 2. The number of carbonyl (C=O) groups excluding carboxylic acids is 2. The SMILES string of the molecule is CNC(=O)C[C@H]1C(=O)N(c2ccccc2)C[C@@H]1C. The predicted molar refractivity (Wildman–Crippen MR) is 70.1 cm³/mol. The fourth-order valence-electron chi connectivity index (χ4n) is 2.38. The molecular formula is C14H18N2O2. The lowest BCUT2D eigenvalue weighted by atomic mass is 9.94. The maximum Gasteiger partial charge on any atom is 0.230 e. The van der Waals surface area contributed by atoms with Gasteiger partial charge in [0.1, 0.15) is 0 Å². The fourth-order valence-corrected chi connectivity index (χ4v) is 2.38. The molecule has 0 spiro atoms. The summed E-state index contributed by atoms with van der Waals surface area (Å²) in [5.41, 5.74) is 0.911. The first kappa shape index (κ1) is 12.6. The van der Waals surface area contributed by atoms with E-state index in [4.69, 9.17) is 0 Å².